The average molecular weight is 1020 g/mol. The molecule has 6 aromatic rings. The van der Waals surface area contributed by atoms with Crippen LogP contribution in [0.1, 0.15) is 88.8 Å². The molecule has 3 aliphatic heterocycles. The Morgan fingerprint density at radius 3 is 1.50 bits per heavy atom. The standard InChI is InChI=1S/C29H33ClFNO2Si.C20H27NOSi.C9H6ClFO/c1-29(2,3)35(22-10-6-4-7-11-22,23-12-8-5-9-13-23)34-21-14-15-32(19-21)28-25-16-20(30)17-26(31)24(25)18-27(28)33;1-20(2,3)23(18-10-6-4-7-11-18,19-12-8-5-9-13-19)22-17-14-15-21-16-17;10-4-1-6-5(7(11)2-4)3-8-9(6)12-8/h4-13,16-17,21,27-28,33H,14-15,18-19H2,1-3H3;4-13,17,21H,14-16H2,1-3H3;1-2,8-9H,3H2/t21-,27-,28-;17-;8-,9+/m111/s1. The Kier molecular flexibility index (Phi) is 15.1. The number of fused-ring (bicyclic) bond motifs is 4. The maximum atomic E-state index is 14.6. The number of halogens is 4. The molecule has 0 saturated carbocycles. The highest BCUT2D eigenvalue weighted by Crippen LogP contribution is 2.50. The van der Waals surface area contributed by atoms with Crippen molar-refractivity contribution in [1.82, 2.24) is 10.2 Å². The molecule has 0 unspecified atom stereocenters. The molecule has 0 amide bonds. The van der Waals surface area contributed by atoms with Crippen molar-refractivity contribution < 1.29 is 27.5 Å². The van der Waals surface area contributed by atoms with Gasteiger partial charge in [0.2, 0.25) is 0 Å². The second-order valence-electron chi connectivity index (χ2n) is 21.5. The van der Waals surface area contributed by atoms with Crippen LogP contribution >= 0.6 is 23.2 Å². The molecule has 12 heteroatoms. The third-order valence-electron chi connectivity index (χ3n) is 14.9. The summed E-state index contributed by atoms with van der Waals surface area (Å²) in [6, 6.07) is 49.2. The first kappa shape index (κ1) is 50.9. The van der Waals surface area contributed by atoms with Crippen molar-refractivity contribution >= 4 is 60.6 Å². The lowest BCUT2D eigenvalue weighted by atomic mass is 10.1. The first-order chi connectivity index (χ1) is 33.5. The van der Waals surface area contributed by atoms with Gasteiger partial charge in [-0.15, -0.1) is 0 Å². The van der Waals surface area contributed by atoms with E-state index in [0.717, 1.165) is 49.2 Å². The number of likely N-dealkylation sites (tertiary alicyclic amines) is 1. The van der Waals surface area contributed by atoms with Crippen molar-refractivity contribution in [2.45, 2.75) is 114 Å². The summed E-state index contributed by atoms with van der Waals surface area (Å²) in [6.07, 6.45) is 3.04. The van der Waals surface area contributed by atoms with Crippen molar-refractivity contribution in [3.05, 3.63) is 190 Å². The van der Waals surface area contributed by atoms with Gasteiger partial charge >= 0.3 is 0 Å². The summed E-state index contributed by atoms with van der Waals surface area (Å²) in [4.78, 5) is 2.26. The number of benzene rings is 6. The van der Waals surface area contributed by atoms with Gasteiger partial charge in [0.05, 0.1) is 30.5 Å². The fourth-order valence-corrected chi connectivity index (χ4v) is 21.5. The third-order valence-corrected chi connectivity index (χ3v) is 25.5. The predicted molar refractivity (Wildman–Crippen MR) is 285 cm³/mol. The summed E-state index contributed by atoms with van der Waals surface area (Å²) >= 11 is 11.9. The predicted octanol–water partition coefficient (Wildman–Crippen LogP) is 10.5. The summed E-state index contributed by atoms with van der Waals surface area (Å²) in [7, 11) is -5.01. The molecular weight excluding hydrogens is 954 g/mol. The molecule has 5 aliphatic rings. The first-order valence-electron chi connectivity index (χ1n) is 24.8. The molecule has 0 spiro atoms. The molecule has 2 aliphatic carbocycles. The minimum atomic E-state index is -2.66. The Morgan fingerprint density at radius 1 is 0.614 bits per heavy atom. The highest BCUT2D eigenvalue weighted by molar-refractivity contribution is 7.00. The molecule has 368 valence electrons. The number of ether oxygens (including phenoxy) is 1. The molecule has 2 N–H and O–H groups in total. The number of aliphatic hydroxyl groups excluding tert-OH is 1. The number of aliphatic hydroxyl groups is 1. The molecule has 6 nitrogen and oxygen atoms in total. The van der Waals surface area contributed by atoms with E-state index in [0.29, 0.717) is 41.1 Å². The molecule has 6 atom stereocenters. The summed E-state index contributed by atoms with van der Waals surface area (Å²) in [5.41, 5.74) is 3.14. The molecular formula is C58H66Cl2F2N2O4Si2. The lowest BCUT2D eigenvalue weighted by Crippen LogP contribution is -2.67. The maximum Gasteiger partial charge on any atom is 0.261 e. The van der Waals surface area contributed by atoms with E-state index >= 15 is 0 Å². The Bertz CT molecular complexity index is 2640. The number of nitrogens with zero attached hydrogens (tertiary/aromatic N) is 1. The zero-order valence-corrected chi connectivity index (χ0v) is 44.6. The fraction of sp³-hybridized carbons (Fsp3) is 0.379. The Morgan fingerprint density at radius 2 is 1.06 bits per heavy atom. The zero-order chi connectivity index (χ0) is 49.4. The smallest absolute Gasteiger partial charge is 0.261 e. The van der Waals surface area contributed by atoms with Crippen molar-refractivity contribution in [3.8, 4) is 0 Å². The van der Waals surface area contributed by atoms with Crippen molar-refractivity contribution in [3.63, 3.8) is 0 Å². The summed E-state index contributed by atoms with van der Waals surface area (Å²) in [5, 5.41) is 20.4. The van der Waals surface area contributed by atoms with Crippen LogP contribution in [0.4, 0.5) is 8.78 Å². The summed E-state index contributed by atoms with van der Waals surface area (Å²) in [6.45, 7) is 17.4. The number of rotatable bonds is 9. The minimum Gasteiger partial charge on any atom is -0.403 e. The minimum absolute atomic E-state index is 0.0154. The van der Waals surface area contributed by atoms with E-state index in [1.165, 1.54) is 32.9 Å². The largest absolute Gasteiger partial charge is 0.403 e. The summed E-state index contributed by atoms with van der Waals surface area (Å²) in [5.74, 6) is -0.512. The molecule has 0 radical (unpaired) electrons. The van der Waals surface area contributed by atoms with Gasteiger partial charge in [0, 0.05) is 42.5 Å². The van der Waals surface area contributed by atoms with Crippen LogP contribution in [0, 0.1) is 11.6 Å². The number of hydrogen-bond donors (Lipinski definition) is 2. The van der Waals surface area contributed by atoms with Gasteiger partial charge in [-0.05, 0) is 96.7 Å². The average Bonchev–Trinajstić information content (AvgIpc) is 3.74. The molecule has 0 aromatic heterocycles. The van der Waals surface area contributed by atoms with Gasteiger partial charge in [-0.1, -0.05) is 186 Å². The Labute approximate surface area is 425 Å². The monoisotopic (exact) mass is 1020 g/mol. The van der Waals surface area contributed by atoms with Crippen LogP contribution in [0.25, 0.3) is 0 Å². The van der Waals surface area contributed by atoms with E-state index in [2.05, 4.69) is 173 Å². The third kappa shape index (κ3) is 10.2. The van der Waals surface area contributed by atoms with Crippen molar-refractivity contribution in [2.75, 3.05) is 26.2 Å². The quantitative estimate of drug-likeness (QED) is 0.111. The van der Waals surface area contributed by atoms with Gasteiger partial charge in [-0.2, -0.15) is 0 Å². The number of nitrogens with one attached hydrogen (secondary N) is 1. The van der Waals surface area contributed by atoms with Crippen LogP contribution < -0.4 is 26.1 Å². The Hall–Kier alpha value is -4.05. The first-order valence-corrected chi connectivity index (χ1v) is 29.4. The van der Waals surface area contributed by atoms with Gasteiger partial charge in [0.25, 0.3) is 16.6 Å². The number of epoxide rings is 1. The maximum absolute atomic E-state index is 14.6. The van der Waals surface area contributed by atoms with E-state index in [4.69, 9.17) is 36.8 Å². The van der Waals surface area contributed by atoms with Gasteiger partial charge in [-0.3, -0.25) is 4.90 Å². The molecule has 6 aromatic carbocycles. The van der Waals surface area contributed by atoms with Crippen LogP contribution in [-0.2, 0) is 26.4 Å². The zero-order valence-electron chi connectivity index (χ0n) is 41.1. The normalized spacial score (nSPS) is 22.8. The van der Waals surface area contributed by atoms with E-state index < -0.39 is 22.7 Å². The molecule has 3 heterocycles. The lowest BCUT2D eigenvalue weighted by Gasteiger charge is -2.44. The van der Waals surface area contributed by atoms with Gasteiger partial charge in [0.15, 0.2) is 0 Å². The van der Waals surface area contributed by atoms with E-state index in [9.17, 15) is 13.9 Å². The van der Waals surface area contributed by atoms with E-state index in [1.807, 2.05) is 6.07 Å². The van der Waals surface area contributed by atoms with E-state index in [1.54, 1.807) is 6.07 Å². The van der Waals surface area contributed by atoms with Crippen LogP contribution in [-0.4, -0.2) is 77.2 Å². The molecule has 11 rings (SSSR count). The van der Waals surface area contributed by atoms with Gasteiger partial charge in [0.1, 0.15) is 17.7 Å². The molecule has 0 bridgehead atoms. The van der Waals surface area contributed by atoms with E-state index in [-0.39, 0.29) is 46.1 Å². The number of hydrogen-bond acceptors (Lipinski definition) is 6. The second-order valence-corrected chi connectivity index (χ2v) is 30.9. The molecule has 70 heavy (non-hydrogen) atoms. The SMILES string of the molecule is CC(C)(C)[Si](O[C@@H]1CCN([C@@H]2c3cc(Cl)cc(F)c3C[C@H]2O)C1)(c1ccccc1)c1ccccc1.CC(C)(C)[Si](O[C@@H]1CCNC1)(c1ccccc1)c1ccccc1.Fc1cc(Cl)cc2c1C[C@H]1O[C@@H]21. The fourth-order valence-electron chi connectivity index (χ4n) is 11.7. The molecule has 3 fully saturated rings. The van der Waals surface area contributed by atoms with Crippen molar-refractivity contribution in [1.29, 1.82) is 0 Å². The van der Waals surface area contributed by atoms with Gasteiger partial charge in [-0.25, -0.2) is 8.78 Å². The van der Waals surface area contributed by atoms with Crippen LogP contribution in [0.5, 0.6) is 0 Å². The highest BCUT2D eigenvalue weighted by Gasteiger charge is 2.54. The lowest BCUT2D eigenvalue weighted by molar-refractivity contribution is 0.0671. The van der Waals surface area contributed by atoms with Crippen molar-refractivity contribution in [2.24, 2.45) is 0 Å². The second kappa shape index (κ2) is 20.8. The summed E-state index contributed by atoms with van der Waals surface area (Å²) < 4.78 is 47.4. The van der Waals surface area contributed by atoms with Crippen LogP contribution in [0.3, 0.4) is 0 Å². The van der Waals surface area contributed by atoms with Crippen LogP contribution in [0.15, 0.2) is 146 Å². The topological polar surface area (TPSA) is 66.5 Å². The van der Waals surface area contributed by atoms with Gasteiger partial charge < -0.3 is 24.0 Å². The molecule has 3 saturated heterocycles. The Balaban J connectivity index is 0.000000147. The highest BCUT2D eigenvalue weighted by atomic mass is 35.5. The van der Waals surface area contributed by atoms with Crippen LogP contribution in [0.2, 0.25) is 20.1 Å².